The van der Waals surface area contributed by atoms with E-state index in [2.05, 4.69) is 11.2 Å². The fourth-order valence-corrected chi connectivity index (χ4v) is 5.65. The Labute approximate surface area is 185 Å². The molecule has 0 spiro atoms. The summed E-state index contributed by atoms with van der Waals surface area (Å²) in [5, 5.41) is 24.1. The van der Waals surface area contributed by atoms with Gasteiger partial charge in [0.2, 0.25) is 10.0 Å². The third-order valence-electron chi connectivity index (χ3n) is 5.48. The number of fused-ring (bicyclic) bond motifs is 1. The van der Waals surface area contributed by atoms with Crippen molar-refractivity contribution >= 4 is 26.9 Å². The summed E-state index contributed by atoms with van der Waals surface area (Å²) in [6, 6.07) is 14.2. The van der Waals surface area contributed by atoms with Crippen LogP contribution in [0, 0.1) is 11.3 Å². The lowest BCUT2D eigenvalue weighted by Gasteiger charge is -2.19. The second-order valence-corrected chi connectivity index (χ2v) is 9.38. The van der Waals surface area contributed by atoms with Crippen molar-refractivity contribution in [2.75, 3.05) is 13.2 Å². The Morgan fingerprint density at radius 3 is 2.62 bits per heavy atom. The number of aromatic nitrogens is 2. The fraction of sp³-hybridized carbons (Fsp3) is 0.318. The maximum absolute atomic E-state index is 13.3. The van der Waals surface area contributed by atoms with Gasteiger partial charge >= 0.3 is 5.97 Å². The molecule has 9 nitrogen and oxygen atoms in total. The van der Waals surface area contributed by atoms with Crippen LogP contribution in [-0.4, -0.2) is 52.8 Å². The maximum atomic E-state index is 13.3. The number of nitrogens with zero attached hydrogens (tertiary/aromatic N) is 4. The third-order valence-corrected chi connectivity index (χ3v) is 7.37. The Kier molecular flexibility index (Phi) is 5.86. The van der Waals surface area contributed by atoms with Gasteiger partial charge in [-0.3, -0.25) is 9.48 Å². The molecule has 1 aromatic heterocycles. The Bertz CT molecular complexity index is 1290. The number of hydrogen-bond donors (Lipinski definition) is 1. The molecule has 0 amide bonds. The first-order chi connectivity index (χ1) is 15.3. The first-order valence-electron chi connectivity index (χ1n) is 10.2. The van der Waals surface area contributed by atoms with Crippen LogP contribution < -0.4 is 4.74 Å². The zero-order valence-electron chi connectivity index (χ0n) is 17.4. The zero-order valence-corrected chi connectivity index (χ0v) is 18.2. The van der Waals surface area contributed by atoms with Gasteiger partial charge in [-0.05, 0) is 37.3 Å². The van der Waals surface area contributed by atoms with Crippen LogP contribution in [0.5, 0.6) is 5.75 Å². The van der Waals surface area contributed by atoms with Crippen molar-refractivity contribution in [1.82, 2.24) is 14.1 Å². The van der Waals surface area contributed by atoms with Gasteiger partial charge in [-0.15, -0.1) is 0 Å². The Morgan fingerprint density at radius 2 is 1.97 bits per heavy atom. The van der Waals surface area contributed by atoms with Crippen molar-refractivity contribution in [2.24, 2.45) is 0 Å². The molecule has 32 heavy (non-hydrogen) atoms. The van der Waals surface area contributed by atoms with E-state index in [0.29, 0.717) is 29.0 Å². The monoisotopic (exact) mass is 454 g/mol. The van der Waals surface area contributed by atoms with Crippen LogP contribution >= 0.6 is 0 Å². The largest absolute Gasteiger partial charge is 0.494 e. The molecule has 1 aliphatic heterocycles. The van der Waals surface area contributed by atoms with Crippen LogP contribution in [0.1, 0.15) is 25.1 Å². The number of para-hydroxylation sites is 1. The molecule has 166 valence electrons. The van der Waals surface area contributed by atoms with Crippen LogP contribution in [0.15, 0.2) is 53.4 Å². The lowest BCUT2D eigenvalue weighted by molar-refractivity contribution is -0.136. The van der Waals surface area contributed by atoms with E-state index in [9.17, 15) is 23.6 Å². The number of carboxylic acids is 1. The predicted molar refractivity (Wildman–Crippen MR) is 116 cm³/mol. The molecule has 1 aliphatic rings. The van der Waals surface area contributed by atoms with Gasteiger partial charge < -0.3 is 9.84 Å². The smallest absolute Gasteiger partial charge is 0.309 e. The predicted octanol–water partition coefficient (Wildman–Crippen LogP) is 2.59. The molecule has 0 aliphatic carbocycles. The summed E-state index contributed by atoms with van der Waals surface area (Å²) in [5.74, 6) is -0.432. The Hall–Kier alpha value is -3.42. The van der Waals surface area contributed by atoms with Crippen molar-refractivity contribution in [3.8, 4) is 11.8 Å². The van der Waals surface area contributed by atoms with E-state index in [1.54, 1.807) is 28.9 Å². The van der Waals surface area contributed by atoms with E-state index < -0.39 is 28.1 Å². The third kappa shape index (κ3) is 3.92. The van der Waals surface area contributed by atoms with E-state index in [1.165, 1.54) is 16.4 Å². The molecular weight excluding hydrogens is 432 g/mol. The number of rotatable bonds is 7. The minimum Gasteiger partial charge on any atom is -0.494 e. The van der Waals surface area contributed by atoms with Gasteiger partial charge in [0.25, 0.3) is 0 Å². The van der Waals surface area contributed by atoms with Gasteiger partial charge in [-0.1, -0.05) is 18.2 Å². The van der Waals surface area contributed by atoms with E-state index in [1.807, 2.05) is 19.1 Å². The highest BCUT2D eigenvalue weighted by Gasteiger charge is 2.42. The van der Waals surface area contributed by atoms with Crippen molar-refractivity contribution in [3.63, 3.8) is 0 Å². The number of nitriles is 1. The summed E-state index contributed by atoms with van der Waals surface area (Å²) in [6.07, 6.45) is 0.0149. The number of sulfonamides is 1. The highest BCUT2D eigenvalue weighted by atomic mass is 32.2. The summed E-state index contributed by atoms with van der Waals surface area (Å²) in [5.41, 5.74) is 1.13. The molecule has 2 atom stereocenters. The first kappa shape index (κ1) is 21.8. The molecule has 3 aromatic rings. The number of carboxylic acid groups (broad SMARTS) is 1. The second-order valence-electron chi connectivity index (χ2n) is 7.49. The number of ether oxygens (including phenoxy) is 1. The average molecular weight is 455 g/mol. The standard InChI is InChI=1S/C22H22N4O5S/c1-2-31-17-7-9-18(10-8-17)32(29,30)25-14-16(11-15(25)13-23)26-21-6-4-3-5-19(21)20(24-26)12-22(27)28/h3-10,15-16H,2,11-12,14H2,1H3,(H,27,28)/t15-,16+/m0/s1. The molecule has 0 saturated carbocycles. The lowest BCUT2D eigenvalue weighted by Crippen LogP contribution is -2.35. The molecule has 0 radical (unpaired) electrons. The molecule has 4 rings (SSSR count). The maximum Gasteiger partial charge on any atom is 0.309 e. The second kappa shape index (κ2) is 8.61. The van der Waals surface area contributed by atoms with Crippen LogP contribution in [0.4, 0.5) is 0 Å². The topological polar surface area (TPSA) is 126 Å². The molecule has 1 fully saturated rings. The van der Waals surface area contributed by atoms with E-state index in [4.69, 9.17) is 4.74 Å². The van der Waals surface area contributed by atoms with Crippen LogP contribution in [0.25, 0.3) is 10.9 Å². The fourth-order valence-electron chi connectivity index (χ4n) is 4.06. The normalized spacial score (nSPS) is 19.1. The molecule has 0 unspecified atom stereocenters. The molecular formula is C22H22N4O5S. The molecule has 10 heteroatoms. The van der Waals surface area contributed by atoms with Gasteiger partial charge in [0.1, 0.15) is 11.8 Å². The van der Waals surface area contributed by atoms with Crippen molar-refractivity contribution in [3.05, 3.63) is 54.2 Å². The molecule has 0 bridgehead atoms. The summed E-state index contributed by atoms with van der Waals surface area (Å²) in [7, 11) is -3.92. The van der Waals surface area contributed by atoms with Gasteiger partial charge in [-0.2, -0.15) is 14.7 Å². The summed E-state index contributed by atoms with van der Waals surface area (Å²) < 4.78 is 34.8. The number of benzene rings is 2. The quantitative estimate of drug-likeness (QED) is 0.581. The number of aliphatic carboxylic acids is 1. The van der Waals surface area contributed by atoms with Crippen LogP contribution in [0.3, 0.4) is 0 Å². The highest BCUT2D eigenvalue weighted by Crippen LogP contribution is 2.35. The van der Waals surface area contributed by atoms with Gasteiger partial charge in [0.15, 0.2) is 0 Å². The minimum absolute atomic E-state index is 0.0615. The summed E-state index contributed by atoms with van der Waals surface area (Å²) in [6.45, 7) is 2.37. The number of hydrogen-bond acceptors (Lipinski definition) is 6. The lowest BCUT2D eigenvalue weighted by atomic mass is 10.1. The van der Waals surface area contributed by atoms with Gasteiger partial charge in [0, 0.05) is 18.4 Å². The first-order valence-corrected chi connectivity index (χ1v) is 11.6. The molecule has 1 saturated heterocycles. The zero-order chi connectivity index (χ0) is 22.9. The Balaban J connectivity index is 1.68. The van der Waals surface area contributed by atoms with Crippen molar-refractivity contribution in [1.29, 1.82) is 5.26 Å². The molecule has 2 heterocycles. The van der Waals surface area contributed by atoms with Gasteiger partial charge in [-0.25, -0.2) is 8.42 Å². The highest BCUT2D eigenvalue weighted by molar-refractivity contribution is 7.89. The van der Waals surface area contributed by atoms with Crippen LogP contribution in [0.2, 0.25) is 0 Å². The van der Waals surface area contributed by atoms with Crippen LogP contribution in [-0.2, 0) is 21.2 Å². The summed E-state index contributed by atoms with van der Waals surface area (Å²) in [4.78, 5) is 11.3. The molecule has 2 aromatic carbocycles. The Morgan fingerprint density at radius 1 is 1.25 bits per heavy atom. The van der Waals surface area contributed by atoms with E-state index in [0.717, 1.165) is 0 Å². The van der Waals surface area contributed by atoms with Crippen molar-refractivity contribution in [2.45, 2.75) is 36.7 Å². The molecule has 1 N–H and O–H groups in total. The van der Waals surface area contributed by atoms with E-state index in [-0.39, 0.29) is 24.3 Å². The average Bonchev–Trinajstić information content (AvgIpc) is 3.36. The summed E-state index contributed by atoms with van der Waals surface area (Å²) >= 11 is 0. The van der Waals surface area contributed by atoms with Crippen molar-refractivity contribution < 1.29 is 23.1 Å². The van der Waals surface area contributed by atoms with Gasteiger partial charge in [0.05, 0.1) is 41.2 Å². The number of carbonyl (C=O) groups is 1. The minimum atomic E-state index is -3.92. The van der Waals surface area contributed by atoms with E-state index >= 15 is 0 Å². The SMILES string of the molecule is CCOc1ccc(S(=O)(=O)N2C[C@H](n3nc(CC(=O)O)c4ccccc43)C[C@H]2C#N)cc1.